The molecule has 0 fully saturated rings. The first-order valence-electron chi connectivity index (χ1n) is 6.18. The highest BCUT2D eigenvalue weighted by Gasteiger charge is 2.24. The van der Waals surface area contributed by atoms with Gasteiger partial charge in [0.05, 0.1) is 12.5 Å². The average molecular weight is 309 g/mol. The number of rotatable bonds is 7. The maximum atomic E-state index is 11.9. The van der Waals surface area contributed by atoms with Crippen LogP contribution in [-0.2, 0) is 19.1 Å². The van der Waals surface area contributed by atoms with E-state index in [2.05, 4.69) is 10.3 Å². The predicted molar refractivity (Wildman–Crippen MR) is 74.5 cm³/mol. The van der Waals surface area contributed by atoms with Crippen molar-refractivity contribution in [2.24, 2.45) is 0 Å². The number of carbonyl (C=O) groups excluding carboxylic acids is 3. The summed E-state index contributed by atoms with van der Waals surface area (Å²) in [5.41, 5.74) is 0.732. The molecule has 1 unspecified atom stereocenters. The summed E-state index contributed by atoms with van der Waals surface area (Å²) in [4.78, 5) is 37.9. The fourth-order valence-corrected chi connectivity index (χ4v) is 2.28. The summed E-state index contributed by atoms with van der Waals surface area (Å²) in [6.07, 6.45) is -0.0273. The number of ketones is 1. The summed E-state index contributed by atoms with van der Waals surface area (Å²) in [6.45, 7) is 2.77. The molecule has 0 bridgehead atoms. The van der Waals surface area contributed by atoms with Crippen molar-refractivity contribution in [3.05, 3.63) is 16.1 Å². The SMILES string of the molecule is CC(=O)NCCC(=O)OCC(=O)C(C#N)c1nc(C)cs1. The lowest BCUT2D eigenvalue weighted by molar-refractivity contribution is -0.148. The van der Waals surface area contributed by atoms with Crippen LogP contribution in [0.2, 0.25) is 0 Å². The molecular formula is C13H15N3O4S. The van der Waals surface area contributed by atoms with Crippen LogP contribution in [0.15, 0.2) is 5.38 Å². The molecule has 1 rings (SSSR count). The van der Waals surface area contributed by atoms with E-state index in [-0.39, 0.29) is 18.9 Å². The van der Waals surface area contributed by atoms with E-state index < -0.39 is 24.3 Å². The van der Waals surface area contributed by atoms with Crippen LogP contribution in [0.25, 0.3) is 0 Å². The van der Waals surface area contributed by atoms with E-state index in [1.54, 1.807) is 12.3 Å². The number of Topliss-reactive ketones (excluding diaryl/α,β-unsaturated/α-hetero) is 1. The molecule has 1 heterocycles. The Balaban J connectivity index is 2.43. The number of nitriles is 1. The summed E-state index contributed by atoms with van der Waals surface area (Å²) >= 11 is 1.22. The van der Waals surface area contributed by atoms with Gasteiger partial charge in [-0.3, -0.25) is 14.4 Å². The molecule has 1 amide bonds. The fourth-order valence-electron chi connectivity index (χ4n) is 1.42. The highest BCUT2D eigenvalue weighted by Crippen LogP contribution is 2.20. The molecule has 1 N–H and O–H groups in total. The topological polar surface area (TPSA) is 109 Å². The van der Waals surface area contributed by atoms with Gasteiger partial charge in [-0.25, -0.2) is 4.98 Å². The predicted octanol–water partition coefficient (Wildman–Crippen LogP) is 0.697. The minimum absolute atomic E-state index is 0.0273. The Kier molecular flexibility index (Phi) is 6.49. The zero-order valence-electron chi connectivity index (χ0n) is 11.7. The lowest BCUT2D eigenvalue weighted by Crippen LogP contribution is -2.25. The van der Waals surface area contributed by atoms with Gasteiger partial charge in [-0.2, -0.15) is 5.26 Å². The molecule has 0 aliphatic heterocycles. The second-order valence-electron chi connectivity index (χ2n) is 4.25. The van der Waals surface area contributed by atoms with Gasteiger partial charge < -0.3 is 10.1 Å². The molecule has 0 aliphatic carbocycles. The molecule has 0 saturated carbocycles. The quantitative estimate of drug-likeness (QED) is 0.742. The minimum Gasteiger partial charge on any atom is -0.458 e. The third-order valence-corrected chi connectivity index (χ3v) is 3.44. The van der Waals surface area contributed by atoms with Crippen molar-refractivity contribution >= 4 is 29.0 Å². The van der Waals surface area contributed by atoms with Crippen molar-refractivity contribution in [3.8, 4) is 6.07 Å². The van der Waals surface area contributed by atoms with E-state index in [0.29, 0.717) is 5.01 Å². The lowest BCUT2D eigenvalue weighted by Gasteiger charge is -2.07. The molecule has 8 heteroatoms. The maximum absolute atomic E-state index is 11.9. The summed E-state index contributed by atoms with van der Waals surface area (Å²) in [5, 5.41) is 13.6. The first-order chi connectivity index (χ1) is 9.93. The Hall–Kier alpha value is -2.27. The van der Waals surface area contributed by atoms with Crippen molar-refractivity contribution in [2.75, 3.05) is 13.2 Å². The molecule has 0 aliphatic rings. The first kappa shape index (κ1) is 16.8. The second-order valence-corrected chi connectivity index (χ2v) is 5.14. The number of carbonyl (C=O) groups is 3. The van der Waals surface area contributed by atoms with Crippen LogP contribution < -0.4 is 5.32 Å². The van der Waals surface area contributed by atoms with Crippen LogP contribution in [0.4, 0.5) is 0 Å². The zero-order chi connectivity index (χ0) is 15.8. The van der Waals surface area contributed by atoms with E-state index in [1.807, 2.05) is 6.07 Å². The van der Waals surface area contributed by atoms with Gasteiger partial charge in [-0.05, 0) is 6.92 Å². The number of esters is 1. The first-order valence-corrected chi connectivity index (χ1v) is 7.06. The third-order valence-electron chi connectivity index (χ3n) is 2.41. The molecule has 21 heavy (non-hydrogen) atoms. The number of nitrogens with one attached hydrogen (secondary N) is 1. The van der Waals surface area contributed by atoms with Crippen molar-refractivity contribution in [3.63, 3.8) is 0 Å². The van der Waals surface area contributed by atoms with E-state index in [9.17, 15) is 14.4 Å². The summed E-state index contributed by atoms with van der Waals surface area (Å²) < 4.78 is 4.78. The van der Waals surface area contributed by atoms with Gasteiger partial charge in [0.15, 0.2) is 18.3 Å². The van der Waals surface area contributed by atoms with E-state index in [4.69, 9.17) is 10.00 Å². The van der Waals surface area contributed by atoms with Crippen LogP contribution in [-0.4, -0.2) is 35.8 Å². The molecule has 1 atom stereocenters. The molecular weight excluding hydrogens is 294 g/mol. The Morgan fingerprint density at radius 2 is 2.24 bits per heavy atom. The molecule has 112 valence electrons. The highest BCUT2D eigenvalue weighted by atomic mass is 32.1. The molecule has 1 aromatic heterocycles. The standard InChI is InChI=1S/C13H15N3O4S/c1-8-7-21-13(16-8)10(5-14)11(18)6-20-12(19)3-4-15-9(2)17/h7,10H,3-4,6H2,1-2H3,(H,15,17). The van der Waals surface area contributed by atoms with Gasteiger partial charge >= 0.3 is 5.97 Å². The minimum atomic E-state index is -1.02. The van der Waals surface area contributed by atoms with Crippen molar-refractivity contribution < 1.29 is 19.1 Å². The fraction of sp³-hybridized carbons (Fsp3) is 0.462. The van der Waals surface area contributed by atoms with E-state index in [1.165, 1.54) is 18.3 Å². The van der Waals surface area contributed by atoms with Gasteiger partial charge in [0.2, 0.25) is 5.91 Å². The summed E-state index contributed by atoms with van der Waals surface area (Å²) in [6, 6.07) is 1.86. The molecule has 7 nitrogen and oxygen atoms in total. The Morgan fingerprint density at radius 1 is 1.52 bits per heavy atom. The molecule has 1 aromatic rings. The van der Waals surface area contributed by atoms with Crippen molar-refractivity contribution in [2.45, 2.75) is 26.2 Å². The van der Waals surface area contributed by atoms with Gasteiger partial charge in [0.25, 0.3) is 0 Å². The number of nitrogens with zero attached hydrogens (tertiary/aromatic N) is 2. The van der Waals surface area contributed by atoms with E-state index >= 15 is 0 Å². The maximum Gasteiger partial charge on any atom is 0.308 e. The largest absolute Gasteiger partial charge is 0.458 e. The number of aromatic nitrogens is 1. The van der Waals surface area contributed by atoms with Gasteiger partial charge in [0, 0.05) is 24.5 Å². The monoisotopic (exact) mass is 309 g/mol. The van der Waals surface area contributed by atoms with E-state index in [0.717, 1.165) is 5.69 Å². The highest BCUT2D eigenvalue weighted by molar-refractivity contribution is 7.09. The van der Waals surface area contributed by atoms with Gasteiger partial charge in [-0.1, -0.05) is 0 Å². The van der Waals surface area contributed by atoms with Crippen LogP contribution in [0.1, 0.15) is 30.0 Å². The van der Waals surface area contributed by atoms with Crippen molar-refractivity contribution in [1.29, 1.82) is 5.26 Å². The number of ether oxygens (including phenoxy) is 1. The molecule has 0 aromatic carbocycles. The normalized spacial score (nSPS) is 11.3. The zero-order valence-corrected chi connectivity index (χ0v) is 12.5. The Labute approximate surface area is 125 Å². The smallest absolute Gasteiger partial charge is 0.308 e. The van der Waals surface area contributed by atoms with Gasteiger partial charge in [0.1, 0.15) is 5.01 Å². The van der Waals surface area contributed by atoms with Crippen LogP contribution in [0.3, 0.4) is 0 Å². The second kappa shape index (κ2) is 8.11. The number of amides is 1. The number of hydrogen-bond donors (Lipinski definition) is 1. The number of thiazole rings is 1. The number of aryl methyl sites for hydroxylation is 1. The van der Waals surface area contributed by atoms with Crippen molar-refractivity contribution in [1.82, 2.24) is 10.3 Å². The van der Waals surface area contributed by atoms with Crippen LogP contribution in [0.5, 0.6) is 0 Å². The third kappa shape index (κ3) is 5.71. The number of hydrogen-bond acceptors (Lipinski definition) is 7. The molecule has 0 spiro atoms. The molecule has 0 saturated heterocycles. The Morgan fingerprint density at radius 3 is 2.76 bits per heavy atom. The molecule has 0 radical (unpaired) electrons. The van der Waals surface area contributed by atoms with Gasteiger partial charge in [-0.15, -0.1) is 11.3 Å². The summed E-state index contributed by atoms with van der Waals surface area (Å²) in [7, 11) is 0. The van der Waals surface area contributed by atoms with Crippen LogP contribution >= 0.6 is 11.3 Å². The summed E-state index contributed by atoms with van der Waals surface area (Å²) in [5.74, 6) is -2.39. The Bertz CT molecular complexity index is 576. The lowest BCUT2D eigenvalue weighted by atomic mass is 10.1. The average Bonchev–Trinajstić information content (AvgIpc) is 2.83. The van der Waals surface area contributed by atoms with Crippen LogP contribution in [0, 0.1) is 18.3 Å².